The molecule has 0 nitrogen and oxygen atoms in total. The second-order valence-electron chi connectivity index (χ2n) is 3.63. The third-order valence-electron chi connectivity index (χ3n) is 2.39. The molecular formula is C14H8I4. The average Bonchev–Trinajstić information content (AvgIpc) is 2.40. The molecule has 0 amide bonds. The minimum absolute atomic E-state index is 1.23. The Hall–Kier alpha value is 1.10. The van der Waals surface area contributed by atoms with Crippen LogP contribution < -0.4 is 0 Å². The summed E-state index contributed by atoms with van der Waals surface area (Å²) in [6.07, 6.45) is 4.36. The normalized spacial score (nSPS) is 11.1. The molecule has 0 radical (unpaired) electrons. The van der Waals surface area contributed by atoms with Crippen LogP contribution in [-0.4, -0.2) is 0 Å². The summed E-state index contributed by atoms with van der Waals surface area (Å²) in [6, 6.07) is 12.6. The minimum atomic E-state index is 1.23. The first-order valence-corrected chi connectivity index (χ1v) is 9.47. The zero-order valence-corrected chi connectivity index (χ0v) is 17.8. The first kappa shape index (κ1) is 15.5. The van der Waals surface area contributed by atoms with Gasteiger partial charge in [-0.15, -0.1) is 0 Å². The summed E-state index contributed by atoms with van der Waals surface area (Å²) in [5.74, 6) is 0. The van der Waals surface area contributed by atoms with Crippen molar-refractivity contribution >= 4 is 103 Å². The van der Waals surface area contributed by atoms with E-state index in [1.54, 1.807) is 0 Å². The smallest absolute Gasteiger partial charge is 0.0414 e. The summed E-state index contributed by atoms with van der Waals surface area (Å²) in [5, 5.41) is 0. The van der Waals surface area contributed by atoms with Crippen LogP contribution in [0.4, 0.5) is 0 Å². The summed E-state index contributed by atoms with van der Waals surface area (Å²) >= 11 is 9.65. The van der Waals surface area contributed by atoms with Crippen molar-refractivity contribution in [3.8, 4) is 0 Å². The molecule has 0 heterocycles. The molecule has 0 aliphatic heterocycles. The van der Waals surface area contributed by atoms with Crippen molar-refractivity contribution in [1.82, 2.24) is 0 Å². The molecular weight excluding hydrogens is 676 g/mol. The molecule has 0 saturated carbocycles. The van der Waals surface area contributed by atoms with Gasteiger partial charge in [0.2, 0.25) is 0 Å². The van der Waals surface area contributed by atoms with Gasteiger partial charge >= 0.3 is 0 Å². The van der Waals surface area contributed by atoms with E-state index in [1.165, 1.54) is 25.4 Å². The lowest BCUT2D eigenvalue weighted by Gasteiger charge is -2.07. The molecule has 2 rings (SSSR count). The maximum Gasteiger partial charge on any atom is 0.0414 e. The van der Waals surface area contributed by atoms with Crippen molar-refractivity contribution in [2.24, 2.45) is 0 Å². The summed E-state index contributed by atoms with van der Waals surface area (Å²) in [5.41, 5.74) is 2.52. The van der Waals surface area contributed by atoms with E-state index in [1.807, 2.05) is 6.07 Å². The van der Waals surface area contributed by atoms with Crippen molar-refractivity contribution in [2.75, 3.05) is 0 Å². The van der Waals surface area contributed by atoms with E-state index in [2.05, 4.69) is 133 Å². The molecule has 4 heteroatoms. The van der Waals surface area contributed by atoms with Crippen LogP contribution in [0.2, 0.25) is 0 Å². The van der Waals surface area contributed by atoms with Gasteiger partial charge in [0, 0.05) is 14.3 Å². The highest BCUT2D eigenvalue weighted by atomic mass is 127. The lowest BCUT2D eigenvalue weighted by Crippen LogP contribution is -1.93. The Labute approximate surface area is 162 Å². The van der Waals surface area contributed by atoms with E-state index < -0.39 is 0 Å². The Morgan fingerprint density at radius 3 is 2.06 bits per heavy atom. The number of rotatable bonds is 2. The zero-order chi connectivity index (χ0) is 13.1. The fourth-order valence-corrected chi connectivity index (χ4v) is 4.73. The van der Waals surface area contributed by atoms with Crippen molar-refractivity contribution in [2.45, 2.75) is 0 Å². The Balaban J connectivity index is 2.39. The maximum atomic E-state index is 2.42. The largest absolute Gasteiger partial charge is 0.0622 e. The van der Waals surface area contributed by atoms with Crippen molar-refractivity contribution in [1.29, 1.82) is 0 Å². The second kappa shape index (κ2) is 7.21. The van der Waals surface area contributed by atoms with Crippen LogP contribution in [0.5, 0.6) is 0 Å². The molecule has 0 aliphatic rings. The SMILES string of the molecule is Ic1cc(/C=C/c2ccccc2)c(I)c(I)c1I. The predicted molar refractivity (Wildman–Crippen MR) is 113 cm³/mol. The van der Waals surface area contributed by atoms with Crippen LogP contribution in [0.15, 0.2) is 36.4 Å². The first-order valence-electron chi connectivity index (χ1n) is 5.15. The topological polar surface area (TPSA) is 0 Å². The van der Waals surface area contributed by atoms with Gasteiger partial charge in [-0.2, -0.15) is 0 Å². The number of halogens is 4. The standard InChI is InChI=1S/C14H8I4/c15-11-8-10(12(16)14(18)13(11)17)7-6-9-4-2-1-3-5-9/h1-8H/b7-6+. The van der Waals surface area contributed by atoms with Crippen LogP contribution in [0.1, 0.15) is 11.1 Å². The molecule has 0 saturated heterocycles. The molecule has 0 aliphatic carbocycles. The van der Waals surface area contributed by atoms with Crippen LogP contribution in [-0.2, 0) is 0 Å². The third kappa shape index (κ3) is 3.81. The molecule has 0 aromatic heterocycles. The van der Waals surface area contributed by atoms with E-state index in [4.69, 9.17) is 0 Å². The maximum absolute atomic E-state index is 2.42. The highest BCUT2D eigenvalue weighted by Crippen LogP contribution is 2.29. The van der Waals surface area contributed by atoms with Crippen molar-refractivity contribution in [3.05, 3.63) is 61.8 Å². The number of hydrogen-bond donors (Lipinski definition) is 0. The molecule has 0 fully saturated rings. The molecule has 0 bridgehead atoms. The molecule has 0 spiro atoms. The quantitative estimate of drug-likeness (QED) is 0.152. The van der Waals surface area contributed by atoms with Gasteiger partial charge in [0.25, 0.3) is 0 Å². The lowest BCUT2D eigenvalue weighted by atomic mass is 10.1. The Kier molecular flexibility index (Phi) is 6.20. The molecule has 2 aromatic carbocycles. The first-order chi connectivity index (χ1) is 8.59. The minimum Gasteiger partial charge on any atom is -0.0622 e. The summed E-state index contributed by atoms with van der Waals surface area (Å²) in [6.45, 7) is 0. The fraction of sp³-hybridized carbons (Fsp3) is 0. The number of hydrogen-bond acceptors (Lipinski definition) is 0. The van der Waals surface area contributed by atoms with Gasteiger partial charge in [-0.05, 0) is 108 Å². The Morgan fingerprint density at radius 2 is 1.39 bits per heavy atom. The van der Waals surface area contributed by atoms with Gasteiger partial charge in [0.15, 0.2) is 0 Å². The highest BCUT2D eigenvalue weighted by molar-refractivity contribution is 14.1. The molecule has 2 aromatic rings. The van der Waals surface area contributed by atoms with Crippen molar-refractivity contribution in [3.63, 3.8) is 0 Å². The van der Waals surface area contributed by atoms with E-state index in [9.17, 15) is 0 Å². The summed E-state index contributed by atoms with van der Waals surface area (Å²) in [4.78, 5) is 0. The van der Waals surface area contributed by atoms with Gasteiger partial charge in [-0.1, -0.05) is 42.5 Å². The Morgan fingerprint density at radius 1 is 0.722 bits per heavy atom. The van der Waals surface area contributed by atoms with Gasteiger partial charge in [-0.3, -0.25) is 0 Å². The van der Waals surface area contributed by atoms with E-state index in [-0.39, 0.29) is 0 Å². The third-order valence-corrected chi connectivity index (χ3v) is 9.69. The van der Waals surface area contributed by atoms with Crippen LogP contribution in [0, 0.1) is 14.3 Å². The number of benzene rings is 2. The monoisotopic (exact) mass is 684 g/mol. The molecule has 18 heavy (non-hydrogen) atoms. The lowest BCUT2D eigenvalue weighted by molar-refractivity contribution is 1.45. The molecule has 92 valence electrons. The summed E-state index contributed by atoms with van der Waals surface area (Å²) in [7, 11) is 0. The van der Waals surface area contributed by atoms with Crippen LogP contribution >= 0.6 is 90.4 Å². The molecule has 0 unspecified atom stereocenters. The summed E-state index contributed by atoms with van der Waals surface area (Å²) < 4.78 is 5.32. The molecule has 0 N–H and O–H groups in total. The van der Waals surface area contributed by atoms with Crippen LogP contribution in [0.3, 0.4) is 0 Å². The van der Waals surface area contributed by atoms with Gasteiger partial charge < -0.3 is 0 Å². The highest BCUT2D eigenvalue weighted by Gasteiger charge is 2.09. The van der Waals surface area contributed by atoms with E-state index >= 15 is 0 Å². The van der Waals surface area contributed by atoms with Gasteiger partial charge in [0.05, 0.1) is 0 Å². The van der Waals surface area contributed by atoms with Gasteiger partial charge in [0.1, 0.15) is 0 Å². The second-order valence-corrected chi connectivity index (χ2v) is 8.03. The fourth-order valence-electron chi connectivity index (χ4n) is 1.46. The zero-order valence-electron chi connectivity index (χ0n) is 9.13. The predicted octanol–water partition coefficient (Wildman–Crippen LogP) is 6.28. The van der Waals surface area contributed by atoms with Crippen LogP contribution in [0.25, 0.3) is 12.2 Å². The van der Waals surface area contributed by atoms with E-state index in [0.717, 1.165) is 0 Å². The average molecular weight is 684 g/mol. The van der Waals surface area contributed by atoms with Gasteiger partial charge in [-0.25, -0.2) is 0 Å². The van der Waals surface area contributed by atoms with Crippen molar-refractivity contribution < 1.29 is 0 Å². The molecule has 0 atom stereocenters. The Bertz CT molecular complexity index is 588. The van der Waals surface area contributed by atoms with E-state index in [0.29, 0.717) is 0 Å².